The highest BCUT2D eigenvalue weighted by Gasteiger charge is 2.22. The minimum atomic E-state index is -0.486. The summed E-state index contributed by atoms with van der Waals surface area (Å²) in [5.41, 5.74) is 4.81. The second-order valence-corrected chi connectivity index (χ2v) is 8.25. The van der Waals surface area contributed by atoms with E-state index in [-0.39, 0.29) is 18.1 Å². The average molecular weight is 420 g/mol. The van der Waals surface area contributed by atoms with Gasteiger partial charge in [-0.05, 0) is 53.8 Å². The van der Waals surface area contributed by atoms with Crippen molar-refractivity contribution in [3.63, 3.8) is 0 Å². The molecule has 0 saturated carbocycles. The highest BCUT2D eigenvalue weighted by atomic mass is 19.1. The van der Waals surface area contributed by atoms with Gasteiger partial charge in [-0.1, -0.05) is 26.0 Å². The van der Waals surface area contributed by atoms with Crippen LogP contribution in [-0.4, -0.2) is 15.5 Å². The van der Waals surface area contributed by atoms with Crippen molar-refractivity contribution in [3.05, 3.63) is 89.0 Å². The molecule has 1 atom stereocenters. The van der Waals surface area contributed by atoms with Crippen molar-refractivity contribution in [1.82, 2.24) is 14.9 Å². The van der Waals surface area contributed by atoms with Gasteiger partial charge in [0.1, 0.15) is 23.3 Å². The van der Waals surface area contributed by atoms with Gasteiger partial charge in [-0.25, -0.2) is 9.37 Å². The lowest BCUT2D eigenvalue weighted by Gasteiger charge is -2.19. The molecular formula is C25H26FN3O2. The second-order valence-electron chi connectivity index (χ2n) is 8.25. The van der Waals surface area contributed by atoms with Crippen LogP contribution < -0.4 is 5.32 Å². The number of rotatable bonds is 6. The maximum absolute atomic E-state index is 13.4. The number of hydrogen-bond donors (Lipinski definition) is 1. The van der Waals surface area contributed by atoms with E-state index >= 15 is 0 Å². The van der Waals surface area contributed by atoms with Crippen LogP contribution >= 0.6 is 0 Å². The van der Waals surface area contributed by atoms with Gasteiger partial charge in [0, 0.05) is 30.4 Å². The largest absolute Gasteiger partial charge is 0.464 e. The van der Waals surface area contributed by atoms with E-state index in [0.29, 0.717) is 11.7 Å². The molecule has 1 N–H and O–H groups in total. The van der Waals surface area contributed by atoms with E-state index in [2.05, 4.69) is 37.1 Å². The summed E-state index contributed by atoms with van der Waals surface area (Å²) < 4.78 is 21.0. The monoisotopic (exact) mass is 419 g/mol. The summed E-state index contributed by atoms with van der Waals surface area (Å²) in [6.45, 7) is 6.38. The van der Waals surface area contributed by atoms with Crippen molar-refractivity contribution < 1.29 is 13.6 Å². The number of carbonyl (C=O) groups is 1. The fourth-order valence-corrected chi connectivity index (χ4v) is 4.00. The Morgan fingerprint density at radius 3 is 2.61 bits per heavy atom. The molecule has 6 heteroatoms. The normalized spacial score (nSPS) is 12.5. The molecule has 1 amide bonds. The first-order valence-corrected chi connectivity index (χ1v) is 10.4. The molecule has 2 aromatic heterocycles. The summed E-state index contributed by atoms with van der Waals surface area (Å²) in [6, 6.07) is 9.77. The van der Waals surface area contributed by atoms with Crippen LogP contribution in [0.25, 0.3) is 11.0 Å². The Balaban J connectivity index is 1.62. The number of aryl methyl sites for hydroxylation is 2. The summed E-state index contributed by atoms with van der Waals surface area (Å²) in [5, 5.41) is 4.02. The third kappa shape index (κ3) is 4.24. The zero-order valence-electron chi connectivity index (χ0n) is 18.1. The first-order valence-electron chi connectivity index (χ1n) is 10.4. The number of furan rings is 1. The quantitative estimate of drug-likeness (QED) is 0.468. The molecule has 0 aliphatic rings. The summed E-state index contributed by atoms with van der Waals surface area (Å²) in [4.78, 5) is 17.4. The molecule has 0 bridgehead atoms. The minimum absolute atomic E-state index is 0.160. The third-order valence-corrected chi connectivity index (χ3v) is 5.64. The Kier molecular flexibility index (Phi) is 5.63. The number of imidazole rings is 1. The molecule has 4 aromatic rings. The summed E-state index contributed by atoms with van der Waals surface area (Å²) in [6.07, 6.45) is 5.33. The molecule has 0 radical (unpaired) electrons. The SMILES string of the molecule is Cc1cc2occ(CC(=O)NC(c3ccc(F)cc3)c3nccn3C)c2cc1C(C)C. The summed E-state index contributed by atoms with van der Waals surface area (Å²) in [5.74, 6) is 0.573. The zero-order chi connectivity index (χ0) is 22.1. The van der Waals surface area contributed by atoms with Crippen LogP contribution in [0.1, 0.15) is 53.9 Å². The van der Waals surface area contributed by atoms with E-state index in [1.54, 1.807) is 24.6 Å². The molecule has 5 nitrogen and oxygen atoms in total. The molecule has 1 unspecified atom stereocenters. The van der Waals surface area contributed by atoms with Gasteiger partial charge in [0.25, 0.3) is 0 Å². The number of aromatic nitrogens is 2. The van der Waals surface area contributed by atoms with Crippen LogP contribution in [0.5, 0.6) is 0 Å². The lowest BCUT2D eigenvalue weighted by molar-refractivity contribution is -0.121. The Morgan fingerprint density at radius 2 is 1.97 bits per heavy atom. The Hall–Kier alpha value is -3.41. The van der Waals surface area contributed by atoms with Crippen molar-refractivity contribution in [2.24, 2.45) is 7.05 Å². The first kappa shape index (κ1) is 20.8. The topological polar surface area (TPSA) is 60.1 Å². The van der Waals surface area contributed by atoms with Gasteiger partial charge in [0.05, 0.1) is 12.7 Å². The first-order chi connectivity index (χ1) is 14.8. The van der Waals surface area contributed by atoms with Crippen LogP contribution in [-0.2, 0) is 18.3 Å². The van der Waals surface area contributed by atoms with Gasteiger partial charge in [-0.2, -0.15) is 0 Å². The van der Waals surface area contributed by atoms with Gasteiger partial charge in [0.15, 0.2) is 0 Å². The molecule has 2 aromatic carbocycles. The number of hydrogen-bond acceptors (Lipinski definition) is 3. The molecule has 31 heavy (non-hydrogen) atoms. The van der Waals surface area contributed by atoms with E-state index in [9.17, 15) is 9.18 Å². The van der Waals surface area contributed by atoms with Crippen LogP contribution in [0.15, 0.2) is 59.5 Å². The third-order valence-electron chi connectivity index (χ3n) is 5.64. The Labute approximate surface area is 180 Å². The van der Waals surface area contributed by atoms with Gasteiger partial charge in [-0.15, -0.1) is 0 Å². The molecule has 0 aliphatic heterocycles. The predicted octanol–water partition coefficient (Wildman–Crippen LogP) is 5.19. The molecule has 0 saturated heterocycles. The summed E-state index contributed by atoms with van der Waals surface area (Å²) >= 11 is 0. The summed E-state index contributed by atoms with van der Waals surface area (Å²) in [7, 11) is 1.87. The molecule has 4 rings (SSSR count). The standard InChI is InChI=1S/C25H26FN3O2/c1-15(2)20-13-21-18(14-31-22(21)11-16(20)3)12-23(30)28-24(25-27-9-10-29(25)4)17-5-7-19(26)8-6-17/h5-11,13-15,24H,12H2,1-4H3,(H,28,30). The number of nitrogens with one attached hydrogen (secondary N) is 1. The van der Waals surface area contributed by atoms with Crippen molar-refractivity contribution in [1.29, 1.82) is 0 Å². The number of benzene rings is 2. The number of amides is 1. The molecule has 0 aliphatic carbocycles. The van der Waals surface area contributed by atoms with Crippen molar-refractivity contribution in [2.75, 3.05) is 0 Å². The number of nitrogens with zero attached hydrogens (tertiary/aromatic N) is 2. The highest BCUT2D eigenvalue weighted by Crippen LogP contribution is 2.29. The van der Waals surface area contributed by atoms with Crippen LogP contribution in [0, 0.1) is 12.7 Å². The van der Waals surface area contributed by atoms with Crippen molar-refractivity contribution in [3.8, 4) is 0 Å². The van der Waals surface area contributed by atoms with Gasteiger partial charge in [-0.3, -0.25) is 4.79 Å². The second kappa shape index (κ2) is 8.38. The maximum atomic E-state index is 13.4. The Bertz CT molecular complexity index is 1220. The predicted molar refractivity (Wildman–Crippen MR) is 118 cm³/mol. The number of halogens is 1. The van der Waals surface area contributed by atoms with Crippen LogP contribution in [0.3, 0.4) is 0 Å². The van der Waals surface area contributed by atoms with E-state index in [1.165, 1.54) is 23.3 Å². The number of fused-ring (bicyclic) bond motifs is 1. The van der Waals surface area contributed by atoms with Crippen LogP contribution in [0.4, 0.5) is 4.39 Å². The fourth-order valence-electron chi connectivity index (χ4n) is 4.00. The number of carbonyl (C=O) groups excluding carboxylic acids is 1. The molecule has 0 fully saturated rings. The van der Waals surface area contributed by atoms with Crippen LogP contribution in [0.2, 0.25) is 0 Å². The zero-order valence-corrected chi connectivity index (χ0v) is 18.1. The Morgan fingerprint density at radius 1 is 1.23 bits per heavy atom. The average Bonchev–Trinajstić information content (AvgIpc) is 3.32. The molecular weight excluding hydrogens is 393 g/mol. The minimum Gasteiger partial charge on any atom is -0.464 e. The smallest absolute Gasteiger partial charge is 0.225 e. The van der Waals surface area contributed by atoms with Crippen molar-refractivity contribution >= 4 is 16.9 Å². The van der Waals surface area contributed by atoms with E-state index in [1.807, 2.05) is 23.9 Å². The molecule has 0 spiro atoms. The van der Waals surface area contributed by atoms with E-state index in [4.69, 9.17) is 4.42 Å². The lowest BCUT2D eigenvalue weighted by atomic mass is 9.95. The van der Waals surface area contributed by atoms with Gasteiger partial charge in [0.2, 0.25) is 5.91 Å². The molecule has 160 valence electrons. The van der Waals surface area contributed by atoms with Gasteiger partial charge < -0.3 is 14.3 Å². The molecule has 2 heterocycles. The lowest BCUT2D eigenvalue weighted by Crippen LogP contribution is -2.32. The van der Waals surface area contributed by atoms with Crippen molar-refractivity contribution in [2.45, 2.75) is 39.2 Å². The maximum Gasteiger partial charge on any atom is 0.225 e. The fraction of sp³-hybridized carbons (Fsp3) is 0.280. The van der Waals surface area contributed by atoms with Gasteiger partial charge >= 0.3 is 0 Å². The van der Waals surface area contributed by atoms with E-state index in [0.717, 1.165) is 22.1 Å². The van der Waals surface area contributed by atoms with E-state index < -0.39 is 6.04 Å². The highest BCUT2D eigenvalue weighted by molar-refractivity contribution is 5.88.